The number of likely N-dealkylation sites (tertiary alicyclic amines) is 1. The van der Waals surface area contributed by atoms with Crippen molar-refractivity contribution in [3.05, 3.63) is 35.5 Å². The maximum Gasteiger partial charge on any atom is 0.224 e. The number of piperidine rings is 1. The van der Waals surface area contributed by atoms with Gasteiger partial charge in [0.25, 0.3) is 0 Å². The summed E-state index contributed by atoms with van der Waals surface area (Å²) >= 11 is 0. The van der Waals surface area contributed by atoms with Crippen LogP contribution in [0.4, 0.5) is 0 Å². The van der Waals surface area contributed by atoms with Crippen LogP contribution in [0.15, 0.2) is 24.4 Å². The van der Waals surface area contributed by atoms with Gasteiger partial charge in [-0.2, -0.15) is 0 Å². The molecule has 156 valence electrons. The Morgan fingerprint density at radius 1 is 1.17 bits per heavy atom. The number of fused-ring (bicyclic) bond motifs is 2. The molecule has 0 bridgehead atoms. The lowest BCUT2D eigenvalue weighted by molar-refractivity contribution is -0.128. The second-order valence-electron chi connectivity index (χ2n) is 9.99. The molecule has 29 heavy (non-hydrogen) atoms. The van der Waals surface area contributed by atoms with Crippen LogP contribution in [0, 0.1) is 5.92 Å². The lowest BCUT2D eigenvalue weighted by Crippen LogP contribution is -2.52. The van der Waals surface area contributed by atoms with Crippen molar-refractivity contribution < 1.29 is 4.79 Å². The van der Waals surface area contributed by atoms with Crippen LogP contribution in [0.2, 0.25) is 0 Å². The molecule has 5 rings (SSSR count). The number of nitrogens with zero attached hydrogens (tertiary/aromatic N) is 2. The number of amides is 1. The molecule has 2 aliphatic carbocycles. The molecule has 2 aromatic rings. The number of likely N-dealkylation sites (N-methyl/N-ethyl adjacent to an activating group) is 1. The molecular formula is C25H35N3O. The van der Waals surface area contributed by atoms with Gasteiger partial charge in [0.05, 0.1) is 5.92 Å². The number of carbonyl (C=O) groups excluding carboxylic acids is 1. The monoisotopic (exact) mass is 393 g/mol. The largest absolute Gasteiger partial charge is 0.353 e. The summed E-state index contributed by atoms with van der Waals surface area (Å²) in [6.07, 6.45) is 10.6. The Labute approximate surface area is 174 Å². The number of hydrogen-bond donors (Lipinski definition) is 1. The zero-order valence-electron chi connectivity index (χ0n) is 18.2. The van der Waals surface area contributed by atoms with Crippen LogP contribution in [0.1, 0.15) is 75.5 Å². The van der Waals surface area contributed by atoms with Crippen LogP contribution < -0.4 is 5.32 Å². The zero-order chi connectivity index (χ0) is 20.1. The Hall–Kier alpha value is -1.81. The van der Waals surface area contributed by atoms with Crippen molar-refractivity contribution in [2.24, 2.45) is 5.92 Å². The SMILES string of the molecule is CC(C)n1cc2c3c(cccc31)[C@H]1C[C@@H](C(=O)NC3CCCCC3)CN(C)[C@@H]1C2. The van der Waals surface area contributed by atoms with Gasteiger partial charge in [0, 0.05) is 47.7 Å². The molecule has 1 aromatic heterocycles. The molecule has 1 aliphatic heterocycles. The number of aromatic nitrogens is 1. The number of carbonyl (C=O) groups is 1. The van der Waals surface area contributed by atoms with Crippen molar-refractivity contribution >= 4 is 16.8 Å². The Balaban J connectivity index is 1.43. The Morgan fingerprint density at radius 3 is 2.72 bits per heavy atom. The first-order valence-corrected chi connectivity index (χ1v) is 11.7. The Bertz CT molecular complexity index is 908. The quantitative estimate of drug-likeness (QED) is 0.825. The summed E-state index contributed by atoms with van der Waals surface area (Å²) in [5.74, 6) is 0.849. The molecule has 1 saturated carbocycles. The lowest BCUT2D eigenvalue weighted by Gasteiger charge is -2.45. The van der Waals surface area contributed by atoms with Crippen LogP contribution >= 0.6 is 0 Å². The maximum absolute atomic E-state index is 13.1. The second kappa shape index (κ2) is 7.46. The minimum absolute atomic E-state index is 0.104. The molecule has 1 aromatic carbocycles. The van der Waals surface area contributed by atoms with Gasteiger partial charge in [-0.3, -0.25) is 4.79 Å². The van der Waals surface area contributed by atoms with Gasteiger partial charge in [0.1, 0.15) is 0 Å². The third kappa shape index (κ3) is 3.30. The van der Waals surface area contributed by atoms with E-state index in [0.29, 0.717) is 30.0 Å². The topological polar surface area (TPSA) is 37.3 Å². The molecule has 0 radical (unpaired) electrons. The molecule has 4 heteroatoms. The van der Waals surface area contributed by atoms with Crippen LogP contribution in [0.5, 0.6) is 0 Å². The van der Waals surface area contributed by atoms with Crippen molar-refractivity contribution in [1.29, 1.82) is 0 Å². The minimum atomic E-state index is 0.104. The standard InChI is InChI=1S/C25H35N3O/c1-16(2)28-15-17-13-23-21(20-10-7-11-22(28)24(17)20)12-18(14-27(23)3)25(29)26-19-8-5-4-6-9-19/h7,10-11,15-16,18-19,21,23H,4-6,8-9,12-14H2,1-3H3,(H,26,29)/t18-,21-,23-/m1/s1. The minimum Gasteiger partial charge on any atom is -0.353 e. The van der Waals surface area contributed by atoms with Crippen molar-refractivity contribution in [2.75, 3.05) is 13.6 Å². The van der Waals surface area contributed by atoms with Crippen LogP contribution in [0.3, 0.4) is 0 Å². The molecule has 3 atom stereocenters. The molecule has 1 amide bonds. The van der Waals surface area contributed by atoms with E-state index < -0.39 is 0 Å². The van der Waals surface area contributed by atoms with E-state index in [9.17, 15) is 4.79 Å². The van der Waals surface area contributed by atoms with E-state index in [1.54, 1.807) is 0 Å². The van der Waals surface area contributed by atoms with Gasteiger partial charge >= 0.3 is 0 Å². The summed E-state index contributed by atoms with van der Waals surface area (Å²) in [4.78, 5) is 15.6. The fraction of sp³-hybridized carbons (Fsp3) is 0.640. The molecule has 2 fully saturated rings. The second-order valence-corrected chi connectivity index (χ2v) is 9.99. The summed E-state index contributed by atoms with van der Waals surface area (Å²) in [6, 6.07) is 8.18. The van der Waals surface area contributed by atoms with Gasteiger partial charge < -0.3 is 14.8 Å². The van der Waals surface area contributed by atoms with Crippen molar-refractivity contribution in [3.8, 4) is 0 Å². The highest BCUT2D eigenvalue weighted by Crippen LogP contribution is 2.45. The highest BCUT2D eigenvalue weighted by Gasteiger charge is 2.42. The summed E-state index contributed by atoms with van der Waals surface area (Å²) in [7, 11) is 2.22. The van der Waals surface area contributed by atoms with Crippen LogP contribution in [-0.4, -0.2) is 41.1 Å². The zero-order valence-corrected chi connectivity index (χ0v) is 18.2. The number of rotatable bonds is 3. The molecule has 0 unspecified atom stereocenters. The van der Waals surface area contributed by atoms with E-state index >= 15 is 0 Å². The highest BCUT2D eigenvalue weighted by atomic mass is 16.2. The van der Waals surface area contributed by atoms with Gasteiger partial charge in [0.2, 0.25) is 5.91 Å². The van der Waals surface area contributed by atoms with Crippen LogP contribution in [-0.2, 0) is 11.2 Å². The fourth-order valence-electron chi connectivity index (χ4n) is 6.26. The molecule has 0 spiro atoms. The van der Waals surface area contributed by atoms with Crippen molar-refractivity contribution in [1.82, 2.24) is 14.8 Å². The summed E-state index contributed by atoms with van der Waals surface area (Å²) < 4.78 is 2.43. The third-order valence-corrected chi connectivity index (χ3v) is 7.75. The van der Waals surface area contributed by atoms with Crippen molar-refractivity contribution in [3.63, 3.8) is 0 Å². The summed E-state index contributed by atoms with van der Waals surface area (Å²) in [6.45, 7) is 5.41. The predicted molar refractivity (Wildman–Crippen MR) is 118 cm³/mol. The van der Waals surface area contributed by atoms with E-state index in [0.717, 1.165) is 32.2 Å². The summed E-state index contributed by atoms with van der Waals surface area (Å²) in [5, 5.41) is 4.86. The highest BCUT2D eigenvalue weighted by molar-refractivity contribution is 5.89. The average Bonchev–Trinajstić information content (AvgIpc) is 3.10. The first-order chi connectivity index (χ1) is 14.0. The maximum atomic E-state index is 13.1. The smallest absolute Gasteiger partial charge is 0.224 e. The number of benzene rings is 1. The Morgan fingerprint density at radius 2 is 1.97 bits per heavy atom. The number of nitrogens with one attached hydrogen (secondary N) is 1. The fourth-order valence-corrected chi connectivity index (χ4v) is 6.26. The van der Waals surface area contributed by atoms with E-state index in [-0.39, 0.29) is 5.92 Å². The van der Waals surface area contributed by atoms with Gasteiger partial charge in [-0.25, -0.2) is 0 Å². The van der Waals surface area contributed by atoms with E-state index in [1.165, 1.54) is 41.3 Å². The average molecular weight is 394 g/mol. The first kappa shape index (κ1) is 19.2. The molecule has 1 saturated heterocycles. The first-order valence-electron chi connectivity index (χ1n) is 11.7. The van der Waals surface area contributed by atoms with Crippen LogP contribution in [0.25, 0.3) is 10.9 Å². The van der Waals surface area contributed by atoms with E-state index in [1.807, 2.05) is 0 Å². The molecule has 4 nitrogen and oxygen atoms in total. The summed E-state index contributed by atoms with van der Waals surface area (Å²) in [5.41, 5.74) is 4.32. The predicted octanol–water partition coefficient (Wildman–Crippen LogP) is 4.63. The van der Waals surface area contributed by atoms with Crippen molar-refractivity contribution in [2.45, 2.75) is 82.8 Å². The van der Waals surface area contributed by atoms with Gasteiger partial charge in [-0.1, -0.05) is 31.4 Å². The van der Waals surface area contributed by atoms with Gasteiger partial charge in [-0.05, 0) is 63.8 Å². The van der Waals surface area contributed by atoms with Gasteiger partial charge in [-0.15, -0.1) is 0 Å². The molecular weight excluding hydrogens is 358 g/mol. The number of hydrogen-bond acceptors (Lipinski definition) is 2. The van der Waals surface area contributed by atoms with E-state index in [2.05, 4.69) is 60.1 Å². The van der Waals surface area contributed by atoms with E-state index in [4.69, 9.17) is 0 Å². The lowest BCUT2D eigenvalue weighted by atomic mass is 9.72. The molecule has 1 N–H and O–H groups in total. The third-order valence-electron chi connectivity index (χ3n) is 7.75. The molecule has 3 aliphatic rings. The van der Waals surface area contributed by atoms with Gasteiger partial charge in [0.15, 0.2) is 0 Å². The molecule has 2 heterocycles. The normalized spacial score (nSPS) is 27.9. The Kier molecular flexibility index (Phi) is 4.93.